The van der Waals surface area contributed by atoms with Gasteiger partial charge in [0, 0.05) is 6.42 Å². The van der Waals surface area contributed by atoms with Crippen LogP contribution in [0.1, 0.15) is 32.1 Å². The molecule has 4 heteroatoms. The van der Waals surface area contributed by atoms with Crippen molar-refractivity contribution >= 4 is 5.97 Å². The Balaban J connectivity index is 2.71. The monoisotopic (exact) mass is 192 g/mol. The van der Waals surface area contributed by atoms with Crippen LogP contribution in [-0.2, 0) is 9.53 Å². The van der Waals surface area contributed by atoms with Crippen molar-refractivity contribution in [3.8, 4) is 0 Å². The SMILES string of the molecule is COC(=O)C1CCCCCC1(F)F. The summed E-state index contributed by atoms with van der Waals surface area (Å²) in [6.45, 7) is 0. The summed E-state index contributed by atoms with van der Waals surface area (Å²) in [5.74, 6) is -4.87. The Bertz CT molecular complexity index is 192. The van der Waals surface area contributed by atoms with E-state index in [1.165, 1.54) is 0 Å². The predicted octanol–water partition coefficient (Wildman–Crippen LogP) is 2.38. The van der Waals surface area contributed by atoms with Gasteiger partial charge in [-0.1, -0.05) is 12.8 Å². The van der Waals surface area contributed by atoms with Gasteiger partial charge >= 0.3 is 5.97 Å². The summed E-state index contributed by atoms with van der Waals surface area (Å²) >= 11 is 0. The zero-order chi connectivity index (χ0) is 9.90. The van der Waals surface area contributed by atoms with Crippen molar-refractivity contribution in [1.82, 2.24) is 0 Å². The van der Waals surface area contributed by atoms with E-state index in [0.717, 1.165) is 13.5 Å². The third-order valence-electron chi connectivity index (χ3n) is 2.50. The van der Waals surface area contributed by atoms with E-state index in [1.807, 2.05) is 0 Å². The first-order valence-electron chi connectivity index (χ1n) is 4.53. The second kappa shape index (κ2) is 4.03. The molecule has 0 heterocycles. The summed E-state index contributed by atoms with van der Waals surface area (Å²) in [7, 11) is 1.16. The Kier molecular flexibility index (Phi) is 3.22. The van der Waals surface area contributed by atoms with Gasteiger partial charge in [-0.15, -0.1) is 0 Å². The Morgan fingerprint density at radius 2 is 2.08 bits per heavy atom. The number of methoxy groups -OCH3 is 1. The minimum absolute atomic E-state index is 0.188. The fraction of sp³-hybridized carbons (Fsp3) is 0.889. The van der Waals surface area contributed by atoms with Gasteiger partial charge < -0.3 is 4.74 Å². The quantitative estimate of drug-likeness (QED) is 0.471. The molecule has 0 saturated heterocycles. The minimum Gasteiger partial charge on any atom is -0.469 e. The number of alkyl halides is 2. The third-order valence-corrected chi connectivity index (χ3v) is 2.50. The lowest BCUT2D eigenvalue weighted by Crippen LogP contribution is -2.34. The average Bonchev–Trinajstić information content (AvgIpc) is 2.25. The maximum Gasteiger partial charge on any atom is 0.314 e. The van der Waals surface area contributed by atoms with Gasteiger partial charge in [0.2, 0.25) is 0 Å². The molecule has 0 spiro atoms. The highest BCUT2D eigenvalue weighted by molar-refractivity contribution is 5.73. The normalized spacial score (nSPS) is 27.8. The van der Waals surface area contributed by atoms with Gasteiger partial charge in [-0.05, 0) is 12.8 Å². The molecule has 13 heavy (non-hydrogen) atoms. The van der Waals surface area contributed by atoms with Crippen LogP contribution in [0, 0.1) is 5.92 Å². The number of halogens is 2. The van der Waals surface area contributed by atoms with E-state index in [2.05, 4.69) is 4.74 Å². The summed E-state index contributed by atoms with van der Waals surface area (Å²) in [5.41, 5.74) is 0. The van der Waals surface area contributed by atoms with Gasteiger partial charge in [-0.3, -0.25) is 4.79 Å². The van der Waals surface area contributed by atoms with Gasteiger partial charge in [0.1, 0.15) is 5.92 Å². The highest BCUT2D eigenvalue weighted by atomic mass is 19.3. The summed E-state index contributed by atoms with van der Waals surface area (Å²) in [5, 5.41) is 0. The van der Waals surface area contributed by atoms with Crippen LogP contribution < -0.4 is 0 Å². The average molecular weight is 192 g/mol. The van der Waals surface area contributed by atoms with Crippen LogP contribution in [0.4, 0.5) is 8.78 Å². The number of rotatable bonds is 1. The first-order chi connectivity index (χ1) is 6.08. The smallest absolute Gasteiger partial charge is 0.314 e. The lowest BCUT2D eigenvalue weighted by Gasteiger charge is -2.21. The van der Waals surface area contributed by atoms with Gasteiger partial charge in [0.05, 0.1) is 7.11 Å². The molecule has 1 saturated carbocycles. The van der Waals surface area contributed by atoms with Gasteiger partial charge in [-0.25, -0.2) is 8.78 Å². The highest BCUT2D eigenvalue weighted by Crippen LogP contribution is 2.37. The van der Waals surface area contributed by atoms with Crippen LogP contribution in [0.5, 0.6) is 0 Å². The Hall–Kier alpha value is -0.670. The number of hydrogen-bond acceptors (Lipinski definition) is 2. The van der Waals surface area contributed by atoms with Crippen molar-refractivity contribution in [3.05, 3.63) is 0 Å². The van der Waals surface area contributed by atoms with Crippen molar-refractivity contribution in [3.63, 3.8) is 0 Å². The van der Waals surface area contributed by atoms with E-state index >= 15 is 0 Å². The first-order valence-corrected chi connectivity index (χ1v) is 4.53. The molecule has 1 fully saturated rings. The van der Waals surface area contributed by atoms with E-state index in [1.54, 1.807) is 0 Å². The zero-order valence-electron chi connectivity index (χ0n) is 7.69. The van der Waals surface area contributed by atoms with Crippen LogP contribution in [0.15, 0.2) is 0 Å². The highest BCUT2D eigenvalue weighted by Gasteiger charge is 2.45. The largest absolute Gasteiger partial charge is 0.469 e. The summed E-state index contributed by atoms with van der Waals surface area (Å²) in [6.07, 6.45) is 2.03. The first kappa shape index (κ1) is 10.4. The predicted molar refractivity (Wildman–Crippen MR) is 43.5 cm³/mol. The number of hydrogen-bond donors (Lipinski definition) is 0. The molecule has 0 radical (unpaired) electrons. The molecule has 1 atom stereocenters. The fourth-order valence-electron chi connectivity index (χ4n) is 1.70. The number of carbonyl (C=O) groups excluding carboxylic acids is 1. The molecule has 0 N–H and O–H groups in total. The van der Waals surface area contributed by atoms with Crippen molar-refractivity contribution in [2.75, 3.05) is 7.11 Å². The second-order valence-corrected chi connectivity index (χ2v) is 3.44. The van der Waals surface area contributed by atoms with Crippen molar-refractivity contribution in [2.24, 2.45) is 5.92 Å². The van der Waals surface area contributed by atoms with Crippen LogP contribution in [0.3, 0.4) is 0 Å². The summed E-state index contributed by atoms with van der Waals surface area (Å²) < 4.78 is 30.9. The van der Waals surface area contributed by atoms with Gasteiger partial charge in [0.25, 0.3) is 5.92 Å². The molecule has 1 rings (SSSR count). The van der Waals surface area contributed by atoms with E-state index in [9.17, 15) is 13.6 Å². The van der Waals surface area contributed by atoms with Gasteiger partial charge in [-0.2, -0.15) is 0 Å². The minimum atomic E-state index is -2.87. The van der Waals surface area contributed by atoms with Crippen molar-refractivity contribution in [1.29, 1.82) is 0 Å². The molecule has 1 aliphatic carbocycles. The molecule has 0 aromatic rings. The molecule has 76 valence electrons. The van der Waals surface area contributed by atoms with E-state index in [-0.39, 0.29) is 12.8 Å². The maximum atomic E-state index is 13.3. The van der Waals surface area contributed by atoms with Crippen LogP contribution in [-0.4, -0.2) is 19.0 Å². The van der Waals surface area contributed by atoms with Crippen molar-refractivity contribution in [2.45, 2.75) is 38.0 Å². The topological polar surface area (TPSA) is 26.3 Å². The molecule has 1 aliphatic rings. The molecule has 0 aliphatic heterocycles. The standard InChI is InChI=1S/C9H14F2O2/c1-13-8(12)7-5-3-2-4-6-9(7,10)11/h7H,2-6H2,1H3. The number of esters is 1. The summed E-state index contributed by atoms with van der Waals surface area (Å²) in [6, 6.07) is 0. The summed E-state index contributed by atoms with van der Waals surface area (Å²) in [4.78, 5) is 11.0. The molecule has 0 bridgehead atoms. The molecule has 0 amide bonds. The maximum absolute atomic E-state index is 13.3. The Morgan fingerprint density at radius 1 is 1.38 bits per heavy atom. The number of carbonyl (C=O) groups is 1. The van der Waals surface area contributed by atoms with Gasteiger partial charge in [0.15, 0.2) is 0 Å². The molecule has 2 nitrogen and oxygen atoms in total. The lowest BCUT2D eigenvalue weighted by atomic mass is 9.96. The third kappa shape index (κ3) is 2.39. The van der Waals surface area contributed by atoms with Crippen LogP contribution >= 0.6 is 0 Å². The molecular formula is C9H14F2O2. The van der Waals surface area contributed by atoms with E-state index < -0.39 is 17.8 Å². The van der Waals surface area contributed by atoms with Crippen molar-refractivity contribution < 1.29 is 18.3 Å². The second-order valence-electron chi connectivity index (χ2n) is 3.44. The molecular weight excluding hydrogens is 178 g/mol. The zero-order valence-corrected chi connectivity index (χ0v) is 7.69. The fourth-order valence-corrected chi connectivity index (χ4v) is 1.70. The number of ether oxygens (including phenoxy) is 1. The Labute approximate surface area is 76.3 Å². The van der Waals surface area contributed by atoms with E-state index in [4.69, 9.17) is 0 Å². The Morgan fingerprint density at radius 3 is 2.69 bits per heavy atom. The van der Waals surface area contributed by atoms with Crippen LogP contribution in [0.25, 0.3) is 0 Å². The lowest BCUT2D eigenvalue weighted by molar-refractivity contribution is -0.161. The van der Waals surface area contributed by atoms with Crippen LogP contribution in [0.2, 0.25) is 0 Å². The molecule has 0 aromatic heterocycles. The molecule has 1 unspecified atom stereocenters. The van der Waals surface area contributed by atoms with E-state index in [0.29, 0.717) is 12.8 Å². The molecule has 0 aromatic carbocycles.